The molecule has 1 fully saturated rings. The summed E-state index contributed by atoms with van der Waals surface area (Å²) in [7, 11) is 1.56. The molecule has 0 spiro atoms. The molecule has 1 aliphatic rings. The maximum Gasteiger partial charge on any atom is 0.332 e. The van der Waals surface area contributed by atoms with Gasteiger partial charge >= 0.3 is 5.97 Å². The summed E-state index contributed by atoms with van der Waals surface area (Å²) >= 11 is 0. The third-order valence-corrected chi connectivity index (χ3v) is 3.74. The SMILES string of the molecule is CCCOc1ccc(CNC(=O)[C@@H]2CC[C@H](C(=O)O)O2)cc1OC. The molecule has 0 unspecified atom stereocenters. The van der Waals surface area contributed by atoms with Gasteiger partial charge in [-0.15, -0.1) is 0 Å². The molecule has 7 heteroatoms. The fraction of sp³-hybridized carbons (Fsp3) is 0.529. The number of nitrogens with one attached hydrogen (secondary N) is 1. The smallest absolute Gasteiger partial charge is 0.332 e. The summed E-state index contributed by atoms with van der Waals surface area (Å²) in [5.74, 6) is -0.0576. The van der Waals surface area contributed by atoms with Crippen molar-refractivity contribution in [3.8, 4) is 11.5 Å². The van der Waals surface area contributed by atoms with Crippen LogP contribution in [0.1, 0.15) is 31.7 Å². The number of ether oxygens (including phenoxy) is 3. The Morgan fingerprint density at radius 3 is 2.67 bits per heavy atom. The summed E-state index contributed by atoms with van der Waals surface area (Å²) in [5.41, 5.74) is 0.858. The zero-order valence-corrected chi connectivity index (χ0v) is 13.9. The van der Waals surface area contributed by atoms with Crippen LogP contribution in [0.15, 0.2) is 18.2 Å². The first kappa shape index (κ1) is 18.1. The fourth-order valence-electron chi connectivity index (χ4n) is 2.47. The molecule has 0 aliphatic carbocycles. The molecule has 7 nitrogen and oxygen atoms in total. The first-order valence-electron chi connectivity index (χ1n) is 8.00. The van der Waals surface area contributed by atoms with Gasteiger partial charge in [-0.25, -0.2) is 4.79 Å². The van der Waals surface area contributed by atoms with E-state index in [9.17, 15) is 9.59 Å². The van der Waals surface area contributed by atoms with Crippen LogP contribution in [0.4, 0.5) is 0 Å². The highest BCUT2D eigenvalue weighted by Gasteiger charge is 2.34. The van der Waals surface area contributed by atoms with Crippen LogP contribution in [0.2, 0.25) is 0 Å². The molecule has 1 heterocycles. The molecule has 2 N–H and O–H groups in total. The quantitative estimate of drug-likeness (QED) is 0.750. The van der Waals surface area contributed by atoms with Crippen LogP contribution < -0.4 is 14.8 Å². The Kier molecular flexibility index (Phi) is 6.43. The topological polar surface area (TPSA) is 94.1 Å². The van der Waals surface area contributed by atoms with E-state index in [1.807, 2.05) is 19.1 Å². The average Bonchev–Trinajstić information content (AvgIpc) is 3.08. The molecule has 1 saturated heterocycles. The summed E-state index contributed by atoms with van der Waals surface area (Å²) in [5, 5.41) is 11.6. The highest BCUT2D eigenvalue weighted by Crippen LogP contribution is 2.28. The summed E-state index contributed by atoms with van der Waals surface area (Å²) in [6, 6.07) is 5.46. The van der Waals surface area contributed by atoms with Gasteiger partial charge in [-0.2, -0.15) is 0 Å². The molecular weight excluding hydrogens is 314 g/mol. The summed E-state index contributed by atoms with van der Waals surface area (Å²) in [6.07, 6.45) is 0.0660. The van der Waals surface area contributed by atoms with Gasteiger partial charge < -0.3 is 24.6 Å². The molecule has 2 rings (SSSR count). The number of benzene rings is 1. The Labute approximate surface area is 140 Å². The Morgan fingerprint density at radius 1 is 1.29 bits per heavy atom. The van der Waals surface area contributed by atoms with Crippen molar-refractivity contribution in [1.82, 2.24) is 5.32 Å². The van der Waals surface area contributed by atoms with Gasteiger partial charge in [-0.3, -0.25) is 4.79 Å². The van der Waals surface area contributed by atoms with Gasteiger partial charge in [0.1, 0.15) is 6.10 Å². The molecule has 1 aliphatic heterocycles. The van der Waals surface area contributed by atoms with Gasteiger partial charge in [-0.05, 0) is 37.0 Å². The van der Waals surface area contributed by atoms with Crippen LogP contribution in [-0.4, -0.2) is 42.9 Å². The second-order valence-electron chi connectivity index (χ2n) is 5.58. The van der Waals surface area contributed by atoms with Gasteiger partial charge in [0.05, 0.1) is 13.7 Å². The van der Waals surface area contributed by atoms with E-state index >= 15 is 0 Å². The number of methoxy groups -OCH3 is 1. The zero-order valence-electron chi connectivity index (χ0n) is 13.9. The van der Waals surface area contributed by atoms with Gasteiger partial charge in [0.25, 0.3) is 0 Å². The molecule has 1 aromatic carbocycles. The van der Waals surface area contributed by atoms with E-state index in [1.54, 1.807) is 13.2 Å². The molecule has 0 bridgehead atoms. The number of hydrogen-bond acceptors (Lipinski definition) is 5. The predicted molar refractivity (Wildman–Crippen MR) is 86.2 cm³/mol. The third-order valence-electron chi connectivity index (χ3n) is 3.74. The molecular formula is C17H23NO6. The molecule has 0 aromatic heterocycles. The molecule has 132 valence electrons. The van der Waals surface area contributed by atoms with E-state index in [0.717, 1.165) is 12.0 Å². The maximum absolute atomic E-state index is 12.1. The van der Waals surface area contributed by atoms with Crippen molar-refractivity contribution in [2.45, 2.75) is 44.9 Å². The van der Waals surface area contributed by atoms with Crippen molar-refractivity contribution in [2.24, 2.45) is 0 Å². The minimum Gasteiger partial charge on any atom is -0.493 e. The van der Waals surface area contributed by atoms with Crippen molar-refractivity contribution >= 4 is 11.9 Å². The monoisotopic (exact) mass is 337 g/mol. The van der Waals surface area contributed by atoms with Crippen molar-refractivity contribution < 1.29 is 28.9 Å². The molecule has 0 saturated carbocycles. The third kappa shape index (κ3) is 4.61. The summed E-state index contributed by atoms with van der Waals surface area (Å²) < 4.78 is 16.1. The van der Waals surface area contributed by atoms with E-state index < -0.39 is 18.2 Å². The lowest BCUT2D eigenvalue weighted by molar-refractivity contribution is -0.151. The Balaban J connectivity index is 1.89. The minimum atomic E-state index is -1.03. The molecule has 2 atom stereocenters. The average molecular weight is 337 g/mol. The number of carbonyl (C=O) groups is 2. The summed E-state index contributed by atoms with van der Waals surface area (Å²) in [4.78, 5) is 22.9. The lowest BCUT2D eigenvalue weighted by atomic mass is 10.1. The van der Waals surface area contributed by atoms with Crippen molar-refractivity contribution in [1.29, 1.82) is 0 Å². The number of hydrogen-bond donors (Lipinski definition) is 2. The number of amides is 1. The van der Waals surface area contributed by atoms with Gasteiger partial charge in [0, 0.05) is 6.54 Å². The van der Waals surface area contributed by atoms with Crippen LogP contribution in [0, 0.1) is 0 Å². The van der Waals surface area contributed by atoms with Crippen LogP contribution in [0.25, 0.3) is 0 Å². The van der Waals surface area contributed by atoms with E-state index in [4.69, 9.17) is 19.3 Å². The maximum atomic E-state index is 12.1. The number of carbonyl (C=O) groups excluding carboxylic acids is 1. The minimum absolute atomic E-state index is 0.302. The number of carboxylic acids is 1. The van der Waals surface area contributed by atoms with Crippen molar-refractivity contribution in [2.75, 3.05) is 13.7 Å². The molecule has 1 amide bonds. The Bertz CT molecular complexity index is 588. The normalized spacial score (nSPS) is 19.8. The molecule has 1 aromatic rings. The number of aliphatic carboxylic acids is 1. The second kappa shape index (κ2) is 8.54. The van der Waals surface area contributed by atoms with Crippen molar-refractivity contribution in [3.63, 3.8) is 0 Å². The first-order valence-corrected chi connectivity index (χ1v) is 8.00. The van der Waals surface area contributed by atoms with Gasteiger partial charge in [-0.1, -0.05) is 13.0 Å². The lowest BCUT2D eigenvalue weighted by Crippen LogP contribution is -2.35. The second-order valence-corrected chi connectivity index (χ2v) is 5.58. The Morgan fingerprint density at radius 2 is 2.04 bits per heavy atom. The van der Waals surface area contributed by atoms with Gasteiger partial charge in [0.15, 0.2) is 17.6 Å². The highest BCUT2D eigenvalue weighted by molar-refractivity contribution is 5.82. The zero-order chi connectivity index (χ0) is 17.5. The Hall–Kier alpha value is -2.28. The number of carboxylic acid groups (broad SMARTS) is 1. The van der Waals surface area contributed by atoms with Gasteiger partial charge in [0.2, 0.25) is 5.91 Å². The molecule has 24 heavy (non-hydrogen) atoms. The van der Waals surface area contributed by atoms with Crippen LogP contribution in [0.5, 0.6) is 11.5 Å². The molecule has 0 radical (unpaired) electrons. The van der Waals surface area contributed by atoms with E-state index in [1.165, 1.54) is 0 Å². The van der Waals surface area contributed by atoms with E-state index in [-0.39, 0.29) is 5.91 Å². The van der Waals surface area contributed by atoms with Crippen molar-refractivity contribution in [3.05, 3.63) is 23.8 Å². The summed E-state index contributed by atoms with van der Waals surface area (Å²) in [6.45, 7) is 2.94. The number of rotatable bonds is 8. The first-order chi connectivity index (χ1) is 11.5. The van der Waals surface area contributed by atoms with E-state index in [0.29, 0.717) is 37.5 Å². The van der Waals surface area contributed by atoms with Crippen LogP contribution >= 0.6 is 0 Å². The largest absolute Gasteiger partial charge is 0.493 e. The van der Waals surface area contributed by atoms with Crippen LogP contribution in [-0.2, 0) is 20.9 Å². The standard InChI is InChI=1S/C17H23NO6/c1-3-8-23-12-5-4-11(9-15(12)22-2)10-18-16(19)13-6-7-14(24-13)17(20)21/h4-5,9,13-14H,3,6-8,10H2,1-2H3,(H,18,19)(H,20,21)/t13-,14+/m0/s1. The van der Waals surface area contributed by atoms with Crippen LogP contribution in [0.3, 0.4) is 0 Å². The highest BCUT2D eigenvalue weighted by atomic mass is 16.5. The fourth-order valence-corrected chi connectivity index (χ4v) is 2.47. The predicted octanol–water partition coefficient (Wildman–Crippen LogP) is 1.73. The van der Waals surface area contributed by atoms with E-state index in [2.05, 4.69) is 5.32 Å². The lowest BCUT2D eigenvalue weighted by Gasteiger charge is -2.14.